The van der Waals surface area contributed by atoms with Crippen LogP contribution in [0.25, 0.3) is 22.1 Å². The third-order valence-corrected chi connectivity index (χ3v) is 14.8. The van der Waals surface area contributed by atoms with Gasteiger partial charge in [0.2, 0.25) is 11.9 Å². The molecule has 7 rings (SSSR count). The molecule has 0 aliphatic heterocycles. The van der Waals surface area contributed by atoms with E-state index in [1.807, 2.05) is 73.4 Å². The number of nitrogens with zero attached hydrogens (tertiary/aromatic N) is 10. The number of hydrogen-bond donors (Lipinski definition) is 5. The van der Waals surface area contributed by atoms with Crippen LogP contribution in [0, 0.1) is 30.3 Å². The zero-order valence-electron chi connectivity index (χ0n) is 57.3. The molecule has 0 saturated heterocycles. The van der Waals surface area contributed by atoms with Crippen molar-refractivity contribution in [3.8, 4) is 0 Å². The van der Waals surface area contributed by atoms with Crippen LogP contribution in [-0.4, -0.2) is 160 Å². The lowest BCUT2D eigenvalue weighted by atomic mass is 10.2. The Morgan fingerprint density at radius 1 is 0.495 bits per heavy atom. The lowest BCUT2D eigenvalue weighted by Crippen LogP contribution is -2.35. The smallest absolute Gasteiger partial charge is 0.410 e. The molecule has 7 N–H and O–H groups in total. The third-order valence-electron chi connectivity index (χ3n) is 12.7. The summed E-state index contributed by atoms with van der Waals surface area (Å²) in [6, 6.07) is 24.5. The number of fused-ring (bicyclic) bond motifs is 2. The number of nitrogen functional groups attached to an aromatic ring is 2. The molecule has 36 heteroatoms. The fourth-order valence-electron chi connectivity index (χ4n) is 8.32. The van der Waals surface area contributed by atoms with Crippen LogP contribution in [0.5, 0.6) is 0 Å². The molecule has 2 heterocycles. The van der Waals surface area contributed by atoms with Gasteiger partial charge in [-0.3, -0.25) is 30.3 Å². The van der Waals surface area contributed by atoms with Crippen LogP contribution in [0.1, 0.15) is 104 Å². The number of hydrogen-bond acceptors (Lipinski definition) is 19. The molecule has 3 amide bonds. The van der Waals surface area contributed by atoms with Crippen LogP contribution < -0.4 is 27.4 Å². The summed E-state index contributed by atoms with van der Waals surface area (Å²) in [6.07, 6.45) is 1.77. The minimum atomic E-state index is -0.575. The number of aromatic nitrogens is 4. The highest BCUT2D eigenvalue weighted by Gasteiger charge is 2.24. The zero-order chi connectivity index (χ0) is 72.4. The number of imidazole rings is 2. The van der Waals surface area contributed by atoms with E-state index in [0.29, 0.717) is 95.5 Å². The molecule has 2 aromatic heterocycles. The molecule has 0 spiro atoms. The predicted octanol–water partition coefficient (Wildman–Crippen LogP) is 18.1. The number of carbonyl (C=O) groups is 3. The summed E-state index contributed by atoms with van der Waals surface area (Å²) >= 11 is 35.4. The van der Waals surface area contributed by atoms with E-state index in [1.165, 1.54) is 52.3 Å². The van der Waals surface area contributed by atoms with Crippen molar-refractivity contribution < 1.29 is 44.8 Å². The highest BCUT2D eigenvalue weighted by molar-refractivity contribution is 6.43. The van der Waals surface area contributed by atoms with E-state index in [9.17, 15) is 44.7 Å². The van der Waals surface area contributed by atoms with E-state index < -0.39 is 43.8 Å². The lowest BCUT2D eigenvalue weighted by molar-refractivity contribution is -0.384. The van der Waals surface area contributed by atoms with E-state index in [4.69, 9.17) is 95.3 Å². The molecular weight excluding hydrogens is 1480 g/mol. The normalized spacial score (nSPS) is 10.5. The maximum Gasteiger partial charge on any atom is 0.410 e. The van der Waals surface area contributed by atoms with Gasteiger partial charge in [-0.1, -0.05) is 115 Å². The number of nitrogens with one attached hydrogen (secondary N) is 3. The quantitative estimate of drug-likeness (QED) is 0.0147. The molecule has 3 radical (unpaired) electrons. The third kappa shape index (κ3) is 33.5. The molecule has 0 bridgehead atoms. The van der Waals surface area contributed by atoms with Crippen molar-refractivity contribution in [2.45, 2.75) is 133 Å². The topological polar surface area (TPSA) is 342 Å². The van der Waals surface area contributed by atoms with Crippen LogP contribution >= 0.6 is 94.4 Å². The Hall–Kier alpha value is -7.41. The van der Waals surface area contributed by atoms with Gasteiger partial charge in [-0.2, -0.15) is 0 Å². The number of aryl methyl sites for hydroxylation is 2. The van der Waals surface area contributed by atoms with Crippen molar-refractivity contribution in [3.05, 3.63) is 151 Å². The van der Waals surface area contributed by atoms with E-state index in [-0.39, 0.29) is 82.7 Å². The minimum absolute atomic E-state index is 0. The fourth-order valence-corrected chi connectivity index (χ4v) is 9.70. The monoisotopic (exact) mass is 1570 g/mol. The Kier molecular flexibility index (Phi) is 44.8. The number of amides is 3. The second-order valence-corrected chi connectivity index (χ2v) is 26.6. The molecule has 0 atom stereocenters. The summed E-state index contributed by atoms with van der Waals surface area (Å²) in [4.78, 5) is 79.2. The number of anilines is 4. The Balaban J connectivity index is -0.000000590. The molecule has 101 heavy (non-hydrogen) atoms. The van der Waals surface area contributed by atoms with Crippen molar-refractivity contribution >= 4 is 184 Å². The van der Waals surface area contributed by atoms with Crippen LogP contribution in [0.15, 0.2) is 91.0 Å². The summed E-state index contributed by atoms with van der Waals surface area (Å²) < 4.78 is 19.6. The molecule has 5 aromatic carbocycles. The Morgan fingerprint density at radius 2 is 0.792 bits per heavy atom. The van der Waals surface area contributed by atoms with Gasteiger partial charge in [-0.15, -0.1) is 24.8 Å². The number of para-hydroxylation sites is 4. The van der Waals surface area contributed by atoms with Crippen LogP contribution in [0.2, 0.25) is 30.1 Å². The van der Waals surface area contributed by atoms with E-state index in [1.54, 1.807) is 79.7 Å². The maximum atomic E-state index is 11.9. The molecule has 0 saturated carbocycles. The number of rotatable bonds is 21. The maximum absolute atomic E-state index is 11.9. The van der Waals surface area contributed by atoms with E-state index in [0.717, 1.165) is 48.0 Å². The molecule has 7 aromatic rings. The number of halogens is 8. The fraction of sp³-hybridized carbons (Fsp3) is 0.462. The molecule has 27 nitrogen and oxygen atoms in total. The average molecular weight is 1580 g/mol. The van der Waals surface area contributed by atoms with Crippen LogP contribution in [-0.2, 0) is 27.3 Å². The first-order valence-electron chi connectivity index (χ1n) is 30.0. The SMILES string of the molecule is C.C.CN(CCCNc1c(Cl)cccc1[N+](=O)[O-])C(=O)OC(C)(C)C.CN(CCCNc1c(Cl)cccc1[N+](=O)[O-])C(=O)OC(C)(C)C.CN(CCCn1c(N)nc2cccc(Cl)c21)C(=O)OC(C)(C)C.CNCCCn1c(N)nc2cccc(Cl)c21.Cl.Cl.O=[N+]([O-])c1cccc(Cl)c1Cl.[2HH].[B]. The Morgan fingerprint density at radius 3 is 1.11 bits per heavy atom. The van der Waals surface area contributed by atoms with Gasteiger partial charge in [0.25, 0.3) is 17.1 Å². The van der Waals surface area contributed by atoms with Crippen molar-refractivity contribution in [3.63, 3.8) is 0 Å². The highest BCUT2D eigenvalue weighted by atomic mass is 35.5. The van der Waals surface area contributed by atoms with Crippen LogP contribution in [0.3, 0.4) is 0 Å². The molecule has 0 unspecified atom stereocenters. The lowest BCUT2D eigenvalue weighted by Gasteiger charge is -2.24. The van der Waals surface area contributed by atoms with Gasteiger partial charge in [0.1, 0.15) is 33.2 Å². The molecular formula is C65H97BCl8N15O12. The zero-order valence-corrected chi connectivity index (χ0v) is 63.5. The van der Waals surface area contributed by atoms with E-state index in [2.05, 4.69) is 25.9 Å². The van der Waals surface area contributed by atoms with Gasteiger partial charge in [-0.05, 0) is 144 Å². The molecule has 0 aliphatic carbocycles. The van der Waals surface area contributed by atoms with Gasteiger partial charge in [0, 0.05) is 95.0 Å². The van der Waals surface area contributed by atoms with Gasteiger partial charge in [0.15, 0.2) is 0 Å². The number of benzene rings is 5. The first-order valence-corrected chi connectivity index (χ1v) is 32.2. The highest BCUT2D eigenvalue weighted by Crippen LogP contribution is 2.34. The second-order valence-electron chi connectivity index (χ2n) is 24.1. The Labute approximate surface area is 637 Å². The van der Waals surface area contributed by atoms with Gasteiger partial charge < -0.3 is 65.5 Å². The summed E-state index contributed by atoms with van der Waals surface area (Å²) in [6.45, 7) is 21.1. The van der Waals surface area contributed by atoms with Crippen molar-refractivity contribution in [2.75, 3.05) is 89.6 Å². The van der Waals surface area contributed by atoms with Crippen LogP contribution in [0.4, 0.5) is 54.7 Å². The van der Waals surface area contributed by atoms with Crippen molar-refractivity contribution in [1.82, 2.24) is 39.1 Å². The first-order chi connectivity index (χ1) is 44.8. The number of nitro benzene ring substituents is 3. The standard InChI is InChI=1S/C16H23ClN4O2.2C15H22ClN3O4.C11H15ClN4.C6H3Cl2NO2.2CH4.B.2ClH.H2/c1-16(2,3)23-15(22)20(4)9-6-10-21-13-11(17)7-5-8-12(13)19-14(21)18;2*1-15(2,3)23-14(20)18(4)10-6-9-17-13-11(16)7-5-8-12(13)19(21)22;1-14-6-3-7-16-10-8(12)4-2-5-9(10)15-11(16)13;7-4-2-1-3-5(6(4)8)9(10)11;;;;;;/h5,7-8H,6,9-10H2,1-4H3,(H2,18,19);2*5,7-8,17H,6,9-10H2,1-4H3;2,4-5,14H,3,6-7H2,1H3,(H2,13,15);1-3H;2*1H4;;3*1H/i;;;;;;;;;;1+1. The van der Waals surface area contributed by atoms with Crippen molar-refractivity contribution in [2.24, 2.45) is 0 Å². The first kappa shape index (κ1) is 97.8. The molecule has 563 valence electrons. The second kappa shape index (κ2) is 46.3. The number of nitro groups is 3. The summed E-state index contributed by atoms with van der Waals surface area (Å²) in [5.74, 6) is 0.951. The Bertz CT molecular complexity index is 3670. The summed E-state index contributed by atoms with van der Waals surface area (Å²) in [5.41, 5.74) is 13.9. The molecule has 0 aliphatic rings. The van der Waals surface area contributed by atoms with Crippen molar-refractivity contribution in [1.29, 1.82) is 0 Å². The average Bonchev–Trinajstić information content (AvgIpc) is 1.65. The number of nitrogens with two attached hydrogens (primary N) is 2. The van der Waals surface area contributed by atoms with Gasteiger partial charge >= 0.3 is 18.3 Å². The minimum Gasteiger partial charge on any atom is -0.444 e. The largest absolute Gasteiger partial charge is 0.444 e. The predicted molar refractivity (Wildman–Crippen MR) is 419 cm³/mol. The number of carbonyl (C=O) groups excluding carboxylic acids is 3. The van der Waals surface area contributed by atoms with E-state index >= 15 is 0 Å². The van der Waals surface area contributed by atoms with Gasteiger partial charge in [0.05, 0.1) is 61.9 Å². The molecule has 0 fully saturated rings. The summed E-state index contributed by atoms with van der Waals surface area (Å²) in [5, 5.41) is 43.3. The van der Waals surface area contributed by atoms with Gasteiger partial charge in [-0.25, -0.2) is 24.4 Å². The summed E-state index contributed by atoms with van der Waals surface area (Å²) in [7, 11) is 6.94. The number of ether oxygens (including phenoxy) is 3.